The monoisotopic (exact) mass is 285 g/mol. The Morgan fingerprint density at radius 1 is 1.14 bits per heavy atom. The van der Waals surface area contributed by atoms with E-state index in [1.54, 1.807) is 12.1 Å². The predicted molar refractivity (Wildman–Crippen MR) is 82.7 cm³/mol. The van der Waals surface area contributed by atoms with Crippen LogP contribution in [0.1, 0.15) is 29.9 Å². The first kappa shape index (κ1) is 14.8. The van der Waals surface area contributed by atoms with Crippen molar-refractivity contribution >= 4 is 17.4 Å². The normalized spacial score (nSPS) is 10.6. The summed E-state index contributed by atoms with van der Waals surface area (Å²) in [6.07, 6.45) is 0. The van der Waals surface area contributed by atoms with E-state index in [0.29, 0.717) is 12.4 Å². The Balaban J connectivity index is 2.22. The third-order valence-electron chi connectivity index (χ3n) is 3.15. The number of amides is 1. The highest BCUT2D eigenvalue weighted by Gasteiger charge is 2.14. The molecule has 0 bridgehead atoms. The second-order valence-corrected chi connectivity index (χ2v) is 5.10. The van der Waals surface area contributed by atoms with Gasteiger partial charge in [0, 0.05) is 18.3 Å². The first-order valence-corrected chi connectivity index (χ1v) is 6.72. The fraction of sp³-hybridized carbons (Fsp3) is 0.267. The van der Waals surface area contributed by atoms with Crippen LogP contribution in [0.5, 0.6) is 0 Å². The maximum atomic E-state index is 11.0. The van der Waals surface area contributed by atoms with Gasteiger partial charge in [-0.25, -0.2) is 0 Å². The molecule has 0 atom stereocenters. The van der Waals surface area contributed by atoms with Crippen molar-refractivity contribution in [2.75, 3.05) is 10.6 Å². The minimum Gasteiger partial charge on any atom is -0.399 e. The summed E-state index contributed by atoms with van der Waals surface area (Å²) in [6.45, 7) is 4.82. The van der Waals surface area contributed by atoms with E-state index >= 15 is 0 Å². The van der Waals surface area contributed by atoms with Crippen molar-refractivity contribution in [3.8, 4) is 0 Å². The van der Waals surface area contributed by atoms with Crippen LogP contribution < -0.4 is 16.4 Å². The molecular weight excluding hydrogens is 266 g/mol. The summed E-state index contributed by atoms with van der Waals surface area (Å²) in [4.78, 5) is 13.1. The van der Waals surface area contributed by atoms with Gasteiger partial charge in [-0.15, -0.1) is 10.2 Å². The molecule has 0 radical (unpaired) electrons. The van der Waals surface area contributed by atoms with E-state index < -0.39 is 5.91 Å². The van der Waals surface area contributed by atoms with E-state index in [4.69, 9.17) is 11.5 Å². The van der Waals surface area contributed by atoms with E-state index in [0.717, 1.165) is 11.3 Å². The van der Waals surface area contributed by atoms with Crippen molar-refractivity contribution in [3.63, 3.8) is 0 Å². The maximum Gasteiger partial charge on any atom is 0.269 e. The molecule has 4 N–H and O–H groups in total. The molecule has 21 heavy (non-hydrogen) atoms. The van der Waals surface area contributed by atoms with Gasteiger partial charge in [0.05, 0.1) is 0 Å². The largest absolute Gasteiger partial charge is 0.399 e. The number of primary amides is 1. The smallest absolute Gasteiger partial charge is 0.269 e. The highest BCUT2D eigenvalue weighted by Crippen LogP contribution is 2.18. The van der Waals surface area contributed by atoms with Gasteiger partial charge in [-0.1, -0.05) is 12.1 Å². The van der Waals surface area contributed by atoms with E-state index in [1.165, 1.54) is 0 Å². The minimum absolute atomic E-state index is 0.162. The molecule has 0 saturated heterocycles. The molecule has 6 nitrogen and oxygen atoms in total. The average molecular weight is 285 g/mol. The highest BCUT2D eigenvalue weighted by molar-refractivity contribution is 5.90. The number of anilines is 2. The van der Waals surface area contributed by atoms with Crippen molar-refractivity contribution in [3.05, 3.63) is 47.7 Å². The lowest BCUT2D eigenvalue weighted by Crippen LogP contribution is -2.31. The standard InChI is InChI=1S/C15H19N5O/c1-10(2)20(9-11-3-5-12(16)6-4-11)14-8-7-13(15(17)21)18-19-14/h3-8,10H,9,16H2,1-2H3,(H2,17,21). The van der Waals surface area contributed by atoms with Gasteiger partial charge >= 0.3 is 0 Å². The number of nitrogens with two attached hydrogens (primary N) is 2. The van der Waals surface area contributed by atoms with Gasteiger partial charge in [0.1, 0.15) is 0 Å². The van der Waals surface area contributed by atoms with E-state index in [2.05, 4.69) is 28.9 Å². The van der Waals surface area contributed by atoms with Crippen LogP contribution in [0.15, 0.2) is 36.4 Å². The van der Waals surface area contributed by atoms with Gasteiger partial charge in [-0.05, 0) is 43.7 Å². The third-order valence-corrected chi connectivity index (χ3v) is 3.15. The van der Waals surface area contributed by atoms with Gasteiger partial charge in [-0.3, -0.25) is 4.79 Å². The summed E-state index contributed by atoms with van der Waals surface area (Å²) in [6, 6.07) is 11.3. The van der Waals surface area contributed by atoms with Crippen LogP contribution in [-0.4, -0.2) is 22.1 Å². The van der Waals surface area contributed by atoms with Crippen molar-refractivity contribution < 1.29 is 4.79 Å². The number of aromatic nitrogens is 2. The summed E-state index contributed by atoms with van der Waals surface area (Å²) in [5.41, 5.74) is 12.9. The van der Waals surface area contributed by atoms with Crippen LogP contribution in [0, 0.1) is 0 Å². The molecule has 110 valence electrons. The Bertz CT molecular complexity index is 607. The molecule has 0 spiro atoms. The summed E-state index contributed by atoms with van der Waals surface area (Å²) in [7, 11) is 0. The van der Waals surface area contributed by atoms with Gasteiger partial charge in [0.25, 0.3) is 5.91 Å². The Morgan fingerprint density at radius 3 is 2.29 bits per heavy atom. The van der Waals surface area contributed by atoms with Gasteiger partial charge in [0.2, 0.25) is 0 Å². The topological polar surface area (TPSA) is 98.1 Å². The molecule has 0 saturated carbocycles. The number of benzene rings is 1. The average Bonchev–Trinajstić information content (AvgIpc) is 2.46. The number of hydrogen-bond donors (Lipinski definition) is 2. The van der Waals surface area contributed by atoms with Crippen LogP contribution in [0.4, 0.5) is 11.5 Å². The Labute approximate surface area is 123 Å². The van der Waals surface area contributed by atoms with Crippen LogP contribution in [0.2, 0.25) is 0 Å². The Hall–Kier alpha value is -2.63. The molecule has 0 aliphatic rings. The van der Waals surface area contributed by atoms with Gasteiger partial charge in [-0.2, -0.15) is 0 Å². The fourth-order valence-electron chi connectivity index (χ4n) is 1.96. The summed E-state index contributed by atoms with van der Waals surface area (Å²) in [5.74, 6) is 0.121. The summed E-state index contributed by atoms with van der Waals surface area (Å²) in [5, 5.41) is 7.94. The van der Waals surface area contributed by atoms with Crippen LogP contribution in [-0.2, 0) is 6.54 Å². The van der Waals surface area contributed by atoms with E-state index in [-0.39, 0.29) is 11.7 Å². The van der Waals surface area contributed by atoms with Crippen molar-refractivity contribution in [1.29, 1.82) is 0 Å². The van der Waals surface area contributed by atoms with E-state index in [1.807, 2.05) is 24.3 Å². The molecule has 2 aromatic rings. The number of nitrogens with zero attached hydrogens (tertiary/aromatic N) is 3. The quantitative estimate of drug-likeness (QED) is 0.813. The number of hydrogen-bond acceptors (Lipinski definition) is 5. The zero-order chi connectivity index (χ0) is 15.4. The van der Waals surface area contributed by atoms with Gasteiger partial charge in [0.15, 0.2) is 11.5 Å². The lowest BCUT2D eigenvalue weighted by Gasteiger charge is -2.27. The molecule has 6 heteroatoms. The molecule has 0 unspecified atom stereocenters. The van der Waals surface area contributed by atoms with Crippen molar-refractivity contribution in [2.45, 2.75) is 26.4 Å². The number of rotatable bonds is 5. The number of nitrogen functional groups attached to an aromatic ring is 1. The molecule has 1 heterocycles. The zero-order valence-corrected chi connectivity index (χ0v) is 12.2. The number of carbonyl (C=O) groups is 1. The lowest BCUT2D eigenvalue weighted by atomic mass is 10.1. The van der Waals surface area contributed by atoms with Crippen molar-refractivity contribution in [1.82, 2.24) is 10.2 Å². The van der Waals surface area contributed by atoms with Crippen LogP contribution in [0.3, 0.4) is 0 Å². The first-order chi connectivity index (χ1) is 9.97. The first-order valence-electron chi connectivity index (χ1n) is 6.72. The van der Waals surface area contributed by atoms with Crippen molar-refractivity contribution in [2.24, 2.45) is 5.73 Å². The molecule has 2 rings (SSSR count). The van der Waals surface area contributed by atoms with Crippen LogP contribution in [0.25, 0.3) is 0 Å². The molecule has 0 aliphatic carbocycles. The molecule has 1 aromatic carbocycles. The Kier molecular flexibility index (Phi) is 4.37. The minimum atomic E-state index is -0.580. The molecule has 1 amide bonds. The highest BCUT2D eigenvalue weighted by atomic mass is 16.1. The third kappa shape index (κ3) is 3.68. The SMILES string of the molecule is CC(C)N(Cc1ccc(N)cc1)c1ccc(C(N)=O)nn1. The predicted octanol–water partition coefficient (Wildman–Crippen LogP) is 1.57. The molecule has 1 aromatic heterocycles. The lowest BCUT2D eigenvalue weighted by molar-refractivity contribution is 0.0994. The zero-order valence-electron chi connectivity index (χ0n) is 12.2. The van der Waals surface area contributed by atoms with E-state index in [9.17, 15) is 4.79 Å². The fourth-order valence-corrected chi connectivity index (χ4v) is 1.96. The van der Waals surface area contributed by atoms with Gasteiger partial charge < -0.3 is 16.4 Å². The second-order valence-electron chi connectivity index (χ2n) is 5.10. The Morgan fingerprint density at radius 2 is 1.81 bits per heavy atom. The molecule has 0 fully saturated rings. The molecular formula is C15H19N5O. The van der Waals surface area contributed by atoms with Crippen LogP contribution >= 0.6 is 0 Å². The summed E-state index contributed by atoms with van der Waals surface area (Å²) < 4.78 is 0. The second kappa shape index (κ2) is 6.21. The number of carbonyl (C=O) groups excluding carboxylic acids is 1. The molecule has 0 aliphatic heterocycles. The summed E-state index contributed by atoms with van der Waals surface area (Å²) >= 11 is 0. The maximum absolute atomic E-state index is 11.0.